The Morgan fingerprint density at radius 2 is 1.86 bits per heavy atom. The molecule has 1 aromatic rings. The van der Waals surface area contributed by atoms with E-state index in [4.69, 9.17) is 14.2 Å². The number of aromatic nitrogens is 2. The minimum atomic E-state index is -0.352. The van der Waals surface area contributed by atoms with Gasteiger partial charge in [-0.25, -0.2) is 0 Å². The highest BCUT2D eigenvalue weighted by molar-refractivity contribution is 5.07. The van der Waals surface area contributed by atoms with Crippen molar-refractivity contribution in [3.63, 3.8) is 0 Å². The van der Waals surface area contributed by atoms with Crippen LogP contribution in [0.2, 0.25) is 0 Å². The number of ether oxygens (including phenoxy) is 1. The maximum atomic E-state index is 6.12. The van der Waals surface area contributed by atoms with Gasteiger partial charge in [0.1, 0.15) is 5.60 Å². The van der Waals surface area contributed by atoms with Crippen molar-refractivity contribution in [1.29, 1.82) is 0 Å². The van der Waals surface area contributed by atoms with E-state index in [-0.39, 0.29) is 11.1 Å². The van der Waals surface area contributed by atoms with Crippen LogP contribution in [0.1, 0.15) is 77.9 Å². The van der Waals surface area contributed by atoms with Crippen LogP contribution in [0, 0.1) is 0 Å². The molecule has 5 heteroatoms. The lowest BCUT2D eigenvalue weighted by Gasteiger charge is -2.29. The first-order valence-corrected chi connectivity index (χ1v) is 8.28. The van der Waals surface area contributed by atoms with Crippen molar-refractivity contribution in [2.24, 2.45) is 0 Å². The monoisotopic (exact) mass is 295 g/mol. The lowest BCUT2D eigenvalue weighted by Crippen LogP contribution is -2.37. The molecule has 0 atom stereocenters. The first-order chi connectivity index (χ1) is 10.0. The van der Waals surface area contributed by atoms with E-state index in [9.17, 15) is 0 Å². The fourth-order valence-electron chi connectivity index (χ4n) is 3.19. The molecule has 21 heavy (non-hydrogen) atoms. The third-order valence-corrected chi connectivity index (χ3v) is 4.32. The van der Waals surface area contributed by atoms with Gasteiger partial charge >= 0.3 is 0 Å². The second-order valence-corrected chi connectivity index (χ2v) is 6.42. The summed E-state index contributed by atoms with van der Waals surface area (Å²) in [6, 6.07) is 0. The van der Waals surface area contributed by atoms with Gasteiger partial charge in [0.25, 0.3) is 0 Å². The lowest BCUT2D eigenvalue weighted by atomic mass is 9.93. The number of rotatable bonds is 6. The molecule has 1 saturated carbocycles. The van der Waals surface area contributed by atoms with Crippen LogP contribution >= 0.6 is 0 Å². The normalized spacial score (nSPS) is 19.4. The van der Waals surface area contributed by atoms with E-state index in [1.165, 1.54) is 25.7 Å². The van der Waals surface area contributed by atoms with Crippen LogP contribution in [0.25, 0.3) is 0 Å². The largest absolute Gasteiger partial charge is 0.367 e. The topological polar surface area (TPSA) is 60.2 Å². The molecule has 1 aliphatic rings. The molecule has 0 aromatic carbocycles. The van der Waals surface area contributed by atoms with Crippen molar-refractivity contribution in [2.75, 3.05) is 13.2 Å². The molecule has 1 heterocycles. The smallest absolute Gasteiger partial charge is 0.246 e. The molecule has 120 valence electrons. The van der Waals surface area contributed by atoms with E-state index >= 15 is 0 Å². The number of nitrogens with zero attached hydrogens (tertiary/aromatic N) is 2. The molecule has 1 N–H and O–H groups in total. The molecule has 0 aliphatic heterocycles. The Bertz CT molecular complexity index is 434. The second kappa shape index (κ2) is 6.88. The summed E-state index contributed by atoms with van der Waals surface area (Å²) in [5, 5.41) is 7.64. The fraction of sp³-hybridized carbons (Fsp3) is 0.875. The van der Waals surface area contributed by atoms with E-state index in [2.05, 4.69) is 31.2 Å². The Labute approximate surface area is 127 Å². The number of hydrogen-bond donors (Lipinski definition) is 1. The van der Waals surface area contributed by atoms with E-state index in [0.717, 1.165) is 25.2 Å². The highest BCUT2D eigenvalue weighted by Crippen LogP contribution is 2.38. The highest BCUT2D eigenvalue weighted by Gasteiger charge is 2.39. The lowest BCUT2D eigenvalue weighted by molar-refractivity contribution is -0.0636. The van der Waals surface area contributed by atoms with Crippen LogP contribution in [0.4, 0.5) is 0 Å². The Morgan fingerprint density at radius 3 is 2.43 bits per heavy atom. The standard InChI is InChI=1S/C16H29N3O2/c1-5-17-15(3,4)14-18-13(19-21-14)16(20-6-2)11-9-7-8-10-12-16/h17H,5-12H2,1-4H3. The zero-order valence-electron chi connectivity index (χ0n) is 13.9. The summed E-state index contributed by atoms with van der Waals surface area (Å²) in [6.45, 7) is 9.78. The van der Waals surface area contributed by atoms with Crippen LogP contribution in [0.3, 0.4) is 0 Å². The Kier molecular flexibility index (Phi) is 5.38. The van der Waals surface area contributed by atoms with Crippen LogP contribution in [-0.4, -0.2) is 23.3 Å². The van der Waals surface area contributed by atoms with Gasteiger partial charge in [-0.15, -0.1) is 0 Å². The van der Waals surface area contributed by atoms with Crippen LogP contribution in [0.5, 0.6) is 0 Å². The van der Waals surface area contributed by atoms with E-state index in [1.807, 2.05) is 6.92 Å². The van der Waals surface area contributed by atoms with Crippen molar-refractivity contribution in [3.05, 3.63) is 11.7 Å². The van der Waals surface area contributed by atoms with Crippen LogP contribution in [-0.2, 0) is 15.9 Å². The summed E-state index contributed by atoms with van der Waals surface area (Å²) in [5.74, 6) is 1.37. The van der Waals surface area contributed by atoms with Gasteiger partial charge in [0.2, 0.25) is 11.7 Å². The fourth-order valence-corrected chi connectivity index (χ4v) is 3.19. The molecule has 0 amide bonds. The van der Waals surface area contributed by atoms with Gasteiger partial charge in [0.05, 0.1) is 5.54 Å². The molecule has 0 spiro atoms. The predicted octanol–water partition coefficient (Wildman–Crippen LogP) is 3.50. The Hall–Kier alpha value is -0.940. The van der Waals surface area contributed by atoms with Gasteiger partial charge in [-0.3, -0.25) is 0 Å². The minimum absolute atomic E-state index is 0.307. The van der Waals surface area contributed by atoms with Crippen LogP contribution in [0.15, 0.2) is 4.52 Å². The Morgan fingerprint density at radius 1 is 1.19 bits per heavy atom. The molecule has 1 aromatic heterocycles. The summed E-state index contributed by atoms with van der Waals surface area (Å²) >= 11 is 0. The summed E-state index contributed by atoms with van der Waals surface area (Å²) in [6.07, 6.45) is 6.84. The van der Waals surface area contributed by atoms with Gasteiger partial charge in [-0.05, 0) is 40.2 Å². The summed E-state index contributed by atoms with van der Waals surface area (Å²) < 4.78 is 11.7. The van der Waals surface area contributed by atoms with Crippen LogP contribution < -0.4 is 5.32 Å². The molecule has 0 bridgehead atoms. The van der Waals surface area contributed by atoms with Gasteiger partial charge in [0, 0.05) is 6.61 Å². The van der Waals surface area contributed by atoms with E-state index < -0.39 is 0 Å². The van der Waals surface area contributed by atoms with Gasteiger partial charge in [-0.2, -0.15) is 4.98 Å². The average Bonchev–Trinajstić information content (AvgIpc) is 2.83. The van der Waals surface area contributed by atoms with Crippen molar-refractivity contribution in [3.8, 4) is 0 Å². The molecule has 0 unspecified atom stereocenters. The highest BCUT2D eigenvalue weighted by atomic mass is 16.5. The molecule has 1 fully saturated rings. The first-order valence-electron chi connectivity index (χ1n) is 8.28. The maximum absolute atomic E-state index is 6.12. The van der Waals surface area contributed by atoms with Crippen molar-refractivity contribution in [2.45, 2.75) is 77.4 Å². The van der Waals surface area contributed by atoms with Crippen molar-refractivity contribution < 1.29 is 9.26 Å². The molecule has 5 nitrogen and oxygen atoms in total. The molecular formula is C16H29N3O2. The number of hydrogen-bond acceptors (Lipinski definition) is 5. The average molecular weight is 295 g/mol. The van der Waals surface area contributed by atoms with Gasteiger partial charge < -0.3 is 14.6 Å². The molecule has 1 aliphatic carbocycles. The van der Waals surface area contributed by atoms with E-state index in [1.54, 1.807) is 0 Å². The summed E-state index contributed by atoms with van der Waals surface area (Å²) in [7, 11) is 0. The maximum Gasteiger partial charge on any atom is 0.246 e. The Balaban J connectivity index is 2.27. The summed E-state index contributed by atoms with van der Waals surface area (Å²) in [5.41, 5.74) is -0.659. The predicted molar refractivity (Wildman–Crippen MR) is 82.0 cm³/mol. The van der Waals surface area contributed by atoms with Crippen molar-refractivity contribution in [1.82, 2.24) is 15.5 Å². The molecule has 0 saturated heterocycles. The molecule has 2 rings (SSSR count). The quantitative estimate of drug-likeness (QED) is 0.814. The van der Waals surface area contributed by atoms with E-state index in [0.29, 0.717) is 12.5 Å². The third-order valence-electron chi connectivity index (χ3n) is 4.32. The zero-order valence-corrected chi connectivity index (χ0v) is 13.9. The molecular weight excluding hydrogens is 266 g/mol. The number of nitrogens with one attached hydrogen (secondary N) is 1. The molecule has 0 radical (unpaired) electrons. The van der Waals surface area contributed by atoms with Crippen molar-refractivity contribution >= 4 is 0 Å². The summed E-state index contributed by atoms with van der Waals surface area (Å²) in [4.78, 5) is 4.69. The SMILES string of the molecule is CCNC(C)(C)c1nc(C2(OCC)CCCCCC2)no1. The van der Waals surface area contributed by atoms with Gasteiger partial charge in [0.15, 0.2) is 0 Å². The second-order valence-electron chi connectivity index (χ2n) is 6.42. The zero-order chi connectivity index (χ0) is 15.3. The third kappa shape index (κ3) is 3.64. The minimum Gasteiger partial charge on any atom is -0.367 e. The van der Waals surface area contributed by atoms with Gasteiger partial charge in [-0.1, -0.05) is 37.8 Å². The first kappa shape index (κ1) is 16.4.